The SMILES string of the molecule is COc1cc(Br)c(CN2CCCC(O)C2)cc1OC. The lowest BCUT2D eigenvalue weighted by molar-refractivity contribution is 0.0667. The minimum absolute atomic E-state index is 0.201. The molecule has 1 fully saturated rings. The minimum atomic E-state index is -0.201. The molecule has 0 aromatic heterocycles. The number of methoxy groups -OCH3 is 2. The van der Waals surface area contributed by atoms with Crippen molar-refractivity contribution in [1.82, 2.24) is 4.90 Å². The monoisotopic (exact) mass is 329 g/mol. The molecule has 0 radical (unpaired) electrons. The van der Waals surface area contributed by atoms with Crippen molar-refractivity contribution >= 4 is 15.9 Å². The van der Waals surface area contributed by atoms with Crippen molar-refractivity contribution < 1.29 is 14.6 Å². The highest BCUT2D eigenvalue weighted by molar-refractivity contribution is 9.10. The zero-order valence-electron chi connectivity index (χ0n) is 11.4. The maximum absolute atomic E-state index is 9.71. The first kappa shape index (κ1) is 14.6. The minimum Gasteiger partial charge on any atom is -0.493 e. The molecule has 1 saturated heterocycles. The Morgan fingerprint density at radius 3 is 2.63 bits per heavy atom. The molecule has 1 unspecified atom stereocenters. The molecule has 1 aliphatic rings. The van der Waals surface area contributed by atoms with Gasteiger partial charge in [-0.05, 0) is 37.1 Å². The lowest BCUT2D eigenvalue weighted by Crippen LogP contribution is -2.37. The van der Waals surface area contributed by atoms with Crippen molar-refractivity contribution in [3.05, 3.63) is 22.2 Å². The van der Waals surface area contributed by atoms with E-state index in [2.05, 4.69) is 20.8 Å². The Labute approximate surface area is 122 Å². The molecule has 1 N–H and O–H groups in total. The summed E-state index contributed by atoms with van der Waals surface area (Å²) in [5, 5.41) is 9.71. The highest BCUT2D eigenvalue weighted by atomic mass is 79.9. The maximum Gasteiger partial charge on any atom is 0.161 e. The van der Waals surface area contributed by atoms with Crippen molar-refractivity contribution in [3.63, 3.8) is 0 Å². The number of aliphatic hydroxyl groups is 1. The van der Waals surface area contributed by atoms with E-state index < -0.39 is 0 Å². The molecule has 19 heavy (non-hydrogen) atoms. The van der Waals surface area contributed by atoms with Crippen LogP contribution in [-0.2, 0) is 6.54 Å². The van der Waals surface area contributed by atoms with Crippen LogP contribution in [-0.4, -0.2) is 43.4 Å². The number of rotatable bonds is 4. The molecule has 0 spiro atoms. The summed E-state index contributed by atoms with van der Waals surface area (Å²) in [4.78, 5) is 2.26. The summed E-state index contributed by atoms with van der Waals surface area (Å²) in [6.07, 6.45) is 1.75. The highest BCUT2D eigenvalue weighted by Crippen LogP contribution is 2.34. The number of aliphatic hydroxyl groups excluding tert-OH is 1. The zero-order valence-corrected chi connectivity index (χ0v) is 12.9. The number of likely N-dealkylation sites (tertiary alicyclic amines) is 1. The van der Waals surface area contributed by atoms with E-state index in [0.717, 1.165) is 54.0 Å². The Bertz CT molecular complexity index is 439. The van der Waals surface area contributed by atoms with Crippen molar-refractivity contribution in [2.75, 3.05) is 27.3 Å². The number of hydrogen-bond donors (Lipinski definition) is 1. The molecule has 1 aromatic carbocycles. The van der Waals surface area contributed by atoms with E-state index in [1.807, 2.05) is 12.1 Å². The Morgan fingerprint density at radius 1 is 1.32 bits per heavy atom. The van der Waals surface area contributed by atoms with Crippen LogP contribution in [0.1, 0.15) is 18.4 Å². The molecule has 0 amide bonds. The first-order chi connectivity index (χ1) is 9.13. The summed E-state index contributed by atoms with van der Waals surface area (Å²) in [6.45, 7) is 2.57. The van der Waals surface area contributed by atoms with Gasteiger partial charge in [0.25, 0.3) is 0 Å². The maximum atomic E-state index is 9.71. The van der Waals surface area contributed by atoms with Gasteiger partial charge >= 0.3 is 0 Å². The lowest BCUT2D eigenvalue weighted by Gasteiger charge is -2.30. The fourth-order valence-corrected chi connectivity index (χ4v) is 2.88. The molecule has 0 saturated carbocycles. The average Bonchev–Trinajstić information content (AvgIpc) is 2.40. The average molecular weight is 330 g/mol. The molecule has 1 aromatic rings. The van der Waals surface area contributed by atoms with Gasteiger partial charge in [0.15, 0.2) is 11.5 Å². The molecule has 0 bridgehead atoms. The van der Waals surface area contributed by atoms with Crippen LogP contribution in [0.5, 0.6) is 11.5 Å². The highest BCUT2D eigenvalue weighted by Gasteiger charge is 2.19. The van der Waals surface area contributed by atoms with Crippen molar-refractivity contribution in [2.45, 2.75) is 25.5 Å². The summed E-state index contributed by atoms with van der Waals surface area (Å²) in [6, 6.07) is 3.92. The van der Waals surface area contributed by atoms with E-state index >= 15 is 0 Å². The van der Waals surface area contributed by atoms with Crippen LogP contribution in [0, 0.1) is 0 Å². The van der Waals surface area contributed by atoms with Gasteiger partial charge in [-0.15, -0.1) is 0 Å². The van der Waals surface area contributed by atoms with Gasteiger partial charge < -0.3 is 14.6 Å². The van der Waals surface area contributed by atoms with Gasteiger partial charge in [0.05, 0.1) is 20.3 Å². The van der Waals surface area contributed by atoms with E-state index in [-0.39, 0.29) is 6.10 Å². The van der Waals surface area contributed by atoms with Gasteiger partial charge in [-0.1, -0.05) is 15.9 Å². The molecule has 2 rings (SSSR count). The van der Waals surface area contributed by atoms with E-state index in [4.69, 9.17) is 9.47 Å². The van der Waals surface area contributed by atoms with Gasteiger partial charge in [0, 0.05) is 17.6 Å². The first-order valence-corrected chi connectivity index (χ1v) is 7.24. The van der Waals surface area contributed by atoms with Crippen LogP contribution in [0.4, 0.5) is 0 Å². The third-order valence-electron chi connectivity index (χ3n) is 3.43. The Balaban J connectivity index is 2.15. The summed E-state index contributed by atoms with van der Waals surface area (Å²) >= 11 is 3.57. The molecular formula is C14H20BrNO3. The number of β-amino-alcohol motifs (C(OH)–C–C–N with tert-alkyl or cyclic N) is 1. The Hall–Kier alpha value is -0.780. The number of ether oxygens (including phenoxy) is 2. The van der Waals surface area contributed by atoms with Crippen molar-refractivity contribution in [3.8, 4) is 11.5 Å². The van der Waals surface area contributed by atoms with E-state index in [1.54, 1.807) is 14.2 Å². The van der Waals surface area contributed by atoms with Crippen molar-refractivity contribution in [2.24, 2.45) is 0 Å². The van der Waals surface area contributed by atoms with Gasteiger partial charge in [0.2, 0.25) is 0 Å². The first-order valence-electron chi connectivity index (χ1n) is 6.45. The zero-order chi connectivity index (χ0) is 13.8. The van der Waals surface area contributed by atoms with E-state index in [1.165, 1.54) is 0 Å². The number of piperidine rings is 1. The topological polar surface area (TPSA) is 41.9 Å². The molecule has 1 aliphatic heterocycles. The van der Waals surface area contributed by atoms with Gasteiger partial charge in [-0.2, -0.15) is 0 Å². The van der Waals surface area contributed by atoms with Gasteiger partial charge in [0.1, 0.15) is 0 Å². The second-order valence-corrected chi connectivity index (χ2v) is 5.68. The van der Waals surface area contributed by atoms with Gasteiger partial charge in [-0.25, -0.2) is 0 Å². The second kappa shape index (κ2) is 6.59. The van der Waals surface area contributed by atoms with E-state index in [9.17, 15) is 5.11 Å². The lowest BCUT2D eigenvalue weighted by atomic mass is 10.1. The Morgan fingerprint density at radius 2 is 2.00 bits per heavy atom. The fraction of sp³-hybridized carbons (Fsp3) is 0.571. The number of nitrogens with zero attached hydrogens (tertiary/aromatic N) is 1. The third kappa shape index (κ3) is 3.61. The molecule has 4 nitrogen and oxygen atoms in total. The number of hydrogen-bond acceptors (Lipinski definition) is 4. The van der Waals surface area contributed by atoms with E-state index in [0.29, 0.717) is 0 Å². The molecule has 106 valence electrons. The van der Waals surface area contributed by atoms with Crippen LogP contribution in [0.15, 0.2) is 16.6 Å². The molecule has 5 heteroatoms. The summed E-state index contributed by atoms with van der Waals surface area (Å²) in [5.41, 5.74) is 1.15. The largest absolute Gasteiger partial charge is 0.493 e. The summed E-state index contributed by atoms with van der Waals surface area (Å²) in [5.74, 6) is 1.45. The van der Waals surface area contributed by atoms with Gasteiger partial charge in [-0.3, -0.25) is 4.90 Å². The molecule has 1 atom stereocenters. The normalized spacial score (nSPS) is 20.3. The Kier molecular flexibility index (Phi) is 5.07. The van der Waals surface area contributed by atoms with Crippen LogP contribution >= 0.6 is 15.9 Å². The third-order valence-corrected chi connectivity index (χ3v) is 4.17. The van der Waals surface area contributed by atoms with Crippen LogP contribution in [0.2, 0.25) is 0 Å². The van der Waals surface area contributed by atoms with Crippen LogP contribution in [0.25, 0.3) is 0 Å². The molecule has 0 aliphatic carbocycles. The molecular weight excluding hydrogens is 310 g/mol. The predicted octanol–water partition coefficient (Wildman–Crippen LogP) is 2.42. The predicted molar refractivity (Wildman–Crippen MR) is 77.8 cm³/mol. The molecule has 1 heterocycles. The fourth-order valence-electron chi connectivity index (χ4n) is 2.43. The van der Waals surface area contributed by atoms with Crippen LogP contribution < -0.4 is 9.47 Å². The quantitative estimate of drug-likeness (QED) is 0.921. The van der Waals surface area contributed by atoms with Crippen LogP contribution in [0.3, 0.4) is 0 Å². The number of benzene rings is 1. The van der Waals surface area contributed by atoms with Crippen molar-refractivity contribution in [1.29, 1.82) is 0 Å². The second-order valence-electron chi connectivity index (χ2n) is 4.83. The smallest absolute Gasteiger partial charge is 0.161 e. The summed E-state index contributed by atoms with van der Waals surface area (Å²) in [7, 11) is 3.27. The summed E-state index contributed by atoms with van der Waals surface area (Å²) < 4.78 is 11.6. The number of halogens is 1. The standard InChI is InChI=1S/C14H20BrNO3/c1-18-13-6-10(12(15)7-14(13)19-2)8-16-5-3-4-11(17)9-16/h6-7,11,17H,3-5,8-9H2,1-2H3.